The highest BCUT2D eigenvalue weighted by Gasteiger charge is 2.49. The summed E-state index contributed by atoms with van der Waals surface area (Å²) in [6, 6.07) is 1.88. The first kappa shape index (κ1) is 14.1. The Morgan fingerprint density at radius 2 is 1.79 bits per heavy atom. The van der Waals surface area contributed by atoms with Gasteiger partial charge in [0.2, 0.25) is 0 Å². The normalized spacial score (nSPS) is 21.2. The molecule has 1 aliphatic rings. The van der Waals surface area contributed by atoms with E-state index in [0.29, 0.717) is 5.69 Å². The Bertz CT molecular complexity index is 496. The summed E-state index contributed by atoms with van der Waals surface area (Å²) in [6.07, 6.45) is 3.67. The second kappa shape index (κ2) is 4.65. The van der Waals surface area contributed by atoms with E-state index in [1.165, 1.54) is 0 Å². The summed E-state index contributed by atoms with van der Waals surface area (Å²) in [6.45, 7) is 10.0. The van der Waals surface area contributed by atoms with E-state index < -0.39 is 0 Å². The zero-order valence-corrected chi connectivity index (χ0v) is 12.2. The smallest absolute Gasteiger partial charge is 0.400 e. The number of anilines is 1. The number of hydrogen-bond acceptors (Lipinski definition) is 4. The van der Waals surface area contributed by atoms with Gasteiger partial charge in [0.1, 0.15) is 0 Å². The summed E-state index contributed by atoms with van der Waals surface area (Å²) in [5, 5.41) is 0. The minimum atomic E-state index is -0.349. The predicted octanol–water partition coefficient (Wildman–Crippen LogP) is 2.62. The van der Waals surface area contributed by atoms with Crippen LogP contribution in [0.25, 0.3) is 6.08 Å². The maximum atomic E-state index is 5.98. The topological polar surface area (TPSA) is 57.4 Å². The fourth-order valence-electron chi connectivity index (χ4n) is 1.89. The number of aryl methyl sites for hydroxylation is 1. The number of nitrogens with zero attached hydrogens (tertiary/aromatic N) is 1. The van der Waals surface area contributed by atoms with Crippen molar-refractivity contribution in [3.8, 4) is 0 Å². The van der Waals surface area contributed by atoms with Gasteiger partial charge >= 0.3 is 7.12 Å². The number of nitrogen functional groups attached to an aromatic ring is 1. The molecule has 1 aromatic rings. The molecule has 1 fully saturated rings. The molecule has 2 heterocycles. The second-order valence-electron chi connectivity index (χ2n) is 5.88. The molecule has 19 heavy (non-hydrogen) atoms. The van der Waals surface area contributed by atoms with Crippen LogP contribution in [0.5, 0.6) is 0 Å². The monoisotopic (exact) mass is 260 g/mol. The minimum Gasteiger partial charge on any atom is -0.400 e. The summed E-state index contributed by atoms with van der Waals surface area (Å²) in [7, 11) is -0.349. The van der Waals surface area contributed by atoms with Gasteiger partial charge in [-0.2, -0.15) is 0 Å². The third-order valence-corrected chi connectivity index (χ3v) is 3.93. The molecule has 0 amide bonds. The average molecular weight is 260 g/mol. The fraction of sp³-hybridized carbons (Fsp3) is 0.500. The van der Waals surface area contributed by atoms with Crippen LogP contribution in [-0.4, -0.2) is 23.3 Å². The molecule has 2 rings (SSSR count). The van der Waals surface area contributed by atoms with Crippen molar-refractivity contribution in [3.63, 3.8) is 0 Å². The van der Waals surface area contributed by atoms with Gasteiger partial charge in [0, 0.05) is 6.20 Å². The van der Waals surface area contributed by atoms with Crippen LogP contribution in [0.1, 0.15) is 39.0 Å². The highest BCUT2D eigenvalue weighted by Crippen LogP contribution is 2.37. The number of hydrogen-bond donors (Lipinski definition) is 1. The summed E-state index contributed by atoms with van der Waals surface area (Å²) in [4.78, 5) is 4.14. The van der Waals surface area contributed by atoms with Crippen molar-refractivity contribution in [2.24, 2.45) is 0 Å². The molecule has 0 radical (unpaired) electrons. The van der Waals surface area contributed by atoms with Gasteiger partial charge in [-0.3, -0.25) is 4.98 Å². The summed E-state index contributed by atoms with van der Waals surface area (Å²) < 4.78 is 11.8. The van der Waals surface area contributed by atoms with Crippen molar-refractivity contribution < 1.29 is 9.31 Å². The van der Waals surface area contributed by atoms with Crippen LogP contribution in [0.4, 0.5) is 5.69 Å². The Morgan fingerprint density at radius 3 is 2.37 bits per heavy atom. The number of nitrogens with two attached hydrogens (primary N) is 1. The van der Waals surface area contributed by atoms with Gasteiger partial charge < -0.3 is 15.0 Å². The Labute approximate surface area is 115 Å². The Morgan fingerprint density at radius 1 is 1.21 bits per heavy atom. The van der Waals surface area contributed by atoms with E-state index in [2.05, 4.69) is 4.98 Å². The van der Waals surface area contributed by atoms with Crippen LogP contribution >= 0.6 is 0 Å². The Hall–Kier alpha value is -1.33. The van der Waals surface area contributed by atoms with Crippen LogP contribution < -0.4 is 5.73 Å². The lowest BCUT2D eigenvalue weighted by molar-refractivity contribution is 0.00578. The zero-order chi connectivity index (χ0) is 14.3. The van der Waals surface area contributed by atoms with E-state index in [0.717, 1.165) is 11.3 Å². The second-order valence-corrected chi connectivity index (χ2v) is 5.88. The quantitative estimate of drug-likeness (QED) is 0.830. The van der Waals surface area contributed by atoms with Crippen molar-refractivity contribution >= 4 is 18.9 Å². The van der Waals surface area contributed by atoms with Crippen LogP contribution in [0, 0.1) is 6.92 Å². The molecule has 4 nitrogen and oxygen atoms in total. The number of pyridine rings is 1. The third kappa shape index (κ3) is 2.67. The lowest BCUT2D eigenvalue weighted by Crippen LogP contribution is -2.41. The van der Waals surface area contributed by atoms with Gasteiger partial charge in [0.15, 0.2) is 0 Å². The Balaban J connectivity index is 2.15. The lowest BCUT2D eigenvalue weighted by atomic mass is 9.89. The molecule has 0 saturated carbocycles. The van der Waals surface area contributed by atoms with Crippen molar-refractivity contribution in [1.82, 2.24) is 4.98 Å². The first-order valence-electron chi connectivity index (χ1n) is 6.48. The first-order valence-corrected chi connectivity index (χ1v) is 6.48. The molecule has 2 N–H and O–H groups in total. The maximum absolute atomic E-state index is 5.98. The van der Waals surface area contributed by atoms with Crippen molar-refractivity contribution in [2.45, 2.75) is 45.8 Å². The van der Waals surface area contributed by atoms with Gasteiger partial charge in [0.25, 0.3) is 0 Å². The summed E-state index contributed by atoms with van der Waals surface area (Å²) >= 11 is 0. The molecule has 1 aliphatic heterocycles. The fourth-order valence-corrected chi connectivity index (χ4v) is 1.89. The van der Waals surface area contributed by atoms with Gasteiger partial charge in [-0.25, -0.2) is 0 Å². The molecule has 0 unspecified atom stereocenters. The van der Waals surface area contributed by atoms with Crippen molar-refractivity contribution in [1.29, 1.82) is 0 Å². The Kier molecular flexibility index (Phi) is 3.45. The highest BCUT2D eigenvalue weighted by molar-refractivity contribution is 6.52. The molecule has 1 aromatic heterocycles. The van der Waals surface area contributed by atoms with Crippen molar-refractivity contribution in [2.75, 3.05) is 5.73 Å². The van der Waals surface area contributed by atoms with E-state index in [1.54, 1.807) is 6.20 Å². The molecule has 0 atom stereocenters. The molecule has 102 valence electrons. The molecular formula is C14H21BN2O2. The molecule has 1 saturated heterocycles. The molecule has 0 bridgehead atoms. The van der Waals surface area contributed by atoms with Crippen molar-refractivity contribution in [3.05, 3.63) is 29.5 Å². The standard InChI is InChI=1S/C14H21BN2O2/c1-10-12(16)11(7-9-17-10)6-8-15-18-13(2,3)14(4,5)19-15/h6-9H,16H2,1-5H3/b8-6+. The largest absolute Gasteiger partial charge is 0.487 e. The minimum absolute atomic E-state index is 0.318. The highest BCUT2D eigenvalue weighted by atomic mass is 16.7. The molecule has 0 spiro atoms. The molecule has 0 aromatic carbocycles. The summed E-state index contributed by atoms with van der Waals surface area (Å²) in [5.41, 5.74) is 7.80. The van der Waals surface area contributed by atoms with Crippen LogP contribution in [0.3, 0.4) is 0 Å². The van der Waals surface area contributed by atoms with E-state index in [-0.39, 0.29) is 18.3 Å². The van der Waals surface area contributed by atoms with E-state index >= 15 is 0 Å². The average Bonchev–Trinajstić information content (AvgIpc) is 2.50. The van der Waals surface area contributed by atoms with Gasteiger partial charge in [0.05, 0.1) is 22.6 Å². The van der Waals surface area contributed by atoms with Crippen LogP contribution in [-0.2, 0) is 9.31 Å². The predicted molar refractivity (Wildman–Crippen MR) is 78.5 cm³/mol. The molecule has 0 aliphatic carbocycles. The molecular weight excluding hydrogens is 239 g/mol. The van der Waals surface area contributed by atoms with Gasteiger partial charge in [-0.05, 0) is 46.2 Å². The van der Waals surface area contributed by atoms with E-state index in [4.69, 9.17) is 15.0 Å². The van der Waals surface area contributed by atoms with Gasteiger partial charge in [-0.1, -0.05) is 12.1 Å². The number of aromatic nitrogens is 1. The van der Waals surface area contributed by atoms with Gasteiger partial charge in [-0.15, -0.1) is 0 Å². The van der Waals surface area contributed by atoms with E-state index in [1.807, 2.05) is 52.7 Å². The van der Waals surface area contributed by atoms with Crippen LogP contribution in [0.2, 0.25) is 0 Å². The zero-order valence-electron chi connectivity index (χ0n) is 12.2. The molecule has 5 heteroatoms. The lowest BCUT2D eigenvalue weighted by Gasteiger charge is -2.32. The summed E-state index contributed by atoms with van der Waals surface area (Å²) in [5.74, 6) is 1.89. The third-order valence-electron chi connectivity index (χ3n) is 3.93. The van der Waals surface area contributed by atoms with E-state index in [9.17, 15) is 0 Å². The first-order chi connectivity index (χ1) is 8.73. The number of rotatable bonds is 2. The maximum Gasteiger partial charge on any atom is 0.487 e. The SMILES string of the molecule is Cc1nccc(/C=C/B2OC(C)(C)C(C)(C)O2)c1N. The van der Waals surface area contributed by atoms with Crippen LogP contribution in [0.15, 0.2) is 18.2 Å².